The number of hydrogen-bond acceptors (Lipinski definition) is 4. The molecule has 1 saturated heterocycles. The number of phenolic OH excluding ortho intramolecular Hbond substituents is 1. The largest absolute Gasteiger partial charge is 0.507 e. The SMILES string of the molecule is CN1CN(Cc2cc(C(C)(C)C)c(O)c(C(C)(C)C)c2)C(=O)N(C)C1O. The first kappa shape index (κ1) is 20.5. The predicted molar refractivity (Wildman–Crippen MR) is 103 cm³/mol. The zero-order valence-electron chi connectivity index (χ0n) is 17.3. The van der Waals surface area contributed by atoms with Crippen LogP contribution >= 0.6 is 0 Å². The van der Waals surface area contributed by atoms with Gasteiger partial charge < -0.3 is 15.1 Å². The van der Waals surface area contributed by atoms with Crippen molar-refractivity contribution < 1.29 is 15.0 Å². The highest BCUT2D eigenvalue weighted by Gasteiger charge is 2.34. The van der Waals surface area contributed by atoms with Crippen molar-refractivity contribution in [2.45, 2.75) is 65.3 Å². The summed E-state index contributed by atoms with van der Waals surface area (Å²) < 4.78 is 0. The number of urea groups is 1. The summed E-state index contributed by atoms with van der Waals surface area (Å²) in [4.78, 5) is 17.2. The molecule has 6 heteroatoms. The molecule has 1 unspecified atom stereocenters. The van der Waals surface area contributed by atoms with Crippen molar-refractivity contribution in [1.82, 2.24) is 14.7 Å². The number of carbonyl (C=O) groups excluding carboxylic acids is 1. The Morgan fingerprint density at radius 1 is 1.04 bits per heavy atom. The van der Waals surface area contributed by atoms with E-state index in [1.54, 1.807) is 23.9 Å². The molecule has 1 atom stereocenters. The van der Waals surface area contributed by atoms with Crippen molar-refractivity contribution in [2.75, 3.05) is 20.8 Å². The van der Waals surface area contributed by atoms with Gasteiger partial charge in [0, 0.05) is 13.6 Å². The third kappa shape index (κ3) is 3.96. The Kier molecular flexibility index (Phi) is 5.32. The minimum absolute atomic E-state index is 0.210. The van der Waals surface area contributed by atoms with Crippen molar-refractivity contribution >= 4 is 6.03 Å². The van der Waals surface area contributed by atoms with Crippen molar-refractivity contribution in [3.8, 4) is 5.75 Å². The van der Waals surface area contributed by atoms with Gasteiger partial charge in [-0.2, -0.15) is 0 Å². The highest BCUT2D eigenvalue weighted by Crippen LogP contribution is 2.40. The van der Waals surface area contributed by atoms with Gasteiger partial charge in [0.1, 0.15) is 5.75 Å². The molecular formula is C20H33N3O3. The lowest BCUT2D eigenvalue weighted by atomic mass is 9.78. The van der Waals surface area contributed by atoms with Crippen LogP contribution < -0.4 is 0 Å². The summed E-state index contributed by atoms with van der Waals surface area (Å²) >= 11 is 0. The maximum atomic E-state index is 12.5. The molecule has 6 nitrogen and oxygen atoms in total. The van der Waals surface area contributed by atoms with Crippen LogP contribution in [-0.2, 0) is 17.4 Å². The highest BCUT2D eigenvalue weighted by atomic mass is 16.3. The van der Waals surface area contributed by atoms with Gasteiger partial charge in [0.15, 0.2) is 6.35 Å². The van der Waals surface area contributed by atoms with Crippen LogP contribution in [0, 0.1) is 0 Å². The van der Waals surface area contributed by atoms with Crippen LogP contribution in [-0.4, -0.2) is 58.1 Å². The standard InChI is InChI=1S/C20H33N3O3/c1-19(2,3)14-9-13(10-15(16(14)24)20(4,5)6)11-23-12-21(7)17(25)22(8)18(23)26/h9-10,17,24-25H,11-12H2,1-8H3. The number of aromatic hydroxyl groups is 1. The minimum Gasteiger partial charge on any atom is -0.507 e. The fourth-order valence-corrected chi connectivity index (χ4v) is 3.29. The Balaban J connectivity index is 2.45. The van der Waals surface area contributed by atoms with Gasteiger partial charge in [-0.05, 0) is 46.7 Å². The van der Waals surface area contributed by atoms with Gasteiger partial charge in [-0.15, -0.1) is 0 Å². The molecule has 0 aromatic heterocycles. The van der Waals surface area contributed by atoms with Crippen LogP contribution in [0.15, 0.2) is 12.1 Å². The lowest BCUT2D eigenvalue weighted by Crippen LogP contribution is -2.60. The van der Waals surface area contributed by atoms with Crippen LogP contribution in [0.1, 0.15) is 58.2 Å². The summed E-state index contributed by atoms with van der Waals surface area (Å²) in [5, 5.41) is 20.8. The van der Waals surface area contributed by atoms with Gasteiger partial charge in [-0.3, -0.25) is 4.90 Å². The molecule has 146 valence electrons. The third-order valence-electron chi connectivity index (χ3n) is 4.87. The first-order chi connectivity index (χ1) is 11.7. The van der Waals surface area contributed by atoms with Gasteiger partial charge in [-0.25, -0.2) is 9.69 Å². The van der Waals surface area contributed by atoms with Gasteiger partial charge in [-0.1, -0.05) is 41.5 Å². The monoisotopic (exact) mass is 363 g/mol. The molecule has 1 heterocycles. The molecule has 1 aromatic rings. The first-order valence-electron chi connectivity index (χ1n) is 9.00. The normalized spacial score (nSPS) is 20.0. The predicted octanol–water partition coefficient (Wildman–Crippen LogP) is 3.02. The third-order valence-corrected chi connectivity index (χ3v) is 4.87. The van der Waals surface area contributed by atoms with E-state index in [0.29, 0.717) is 19.0 Å². The number of aliphatic hydroxyl groups is 1. The van der Waals surface area contributed by atoms with Crippen molar-refractivity contribution in [3.63, 3.8) is 0 Å². The Labute approximate surface area is 157 Å². The van der Waals surface area contributed by atoms with Gasteiger partial charge in [0.25, 0.3) is 0 Å². The Morgan fingerprint density at radius 3 is 1.92 bits per heavy atom. The lowest BCUT2D eigenvalue weighted by molar-refractivity contribution is -0.116. The molecule has 26 heavy (non-hydrogen) atoms. The second-order valence-electron chi connectivity index (χ2n) is 9.38. The lowest BCUT2D eigenvalue weighted by Gasteiger charge is -2.42. The summed E-state index contributed by atoms with van der Waals surface area (Å²) in [6.07, 6.45) is -0.908. The summed E-state index contributed by atoms with van der Waals surface area (Å²) in [6, 6.07) is 3.77. The van der Waals surface area contributed by atoms with E-state index in [1.165, 1.54) is 4.90 Å². The van der Waals surface area contributed by atoms with Crippen molar-refractivity contribution in [2.24, 2.45) is 0 Å². The van der Waals surface area contributed by atoms with E-state index in [4.69, 9.17) is 0 Å². The van der Waals surface area contributed by atoms with Crippen LogP contribution in [0.25, 0.3) is 0 Å². The summed E-state index contributed by atoms with van der Waals surface area (Å²) in [7, 11) is 3.37. The van der Waals surface area contributed by atoms with E-state index >= 15 is 0 Å². The fraction of sp³-hybridized carbons (Fsp3) is 0.650. The molecule has 1 aliphatic rings. The highest BCUT2D eigenvalue weighted by molar-refractivity contribution is 5.75. The number of nitrogens with zero attached hydrogens (tertiary/aromatic N) is 3. The van der Waals surface area contributed by atoms with Crippen LogP contribution in [0.3, 0.4) is 0 Å². The van der Waals surface area contributed by atoms with Gasteiger partial charge >= 0.3 is 6.03 Å². The van der Waals surface area contributed by atoms with E-state index in [1.807, 2.05) is 12.1 Å². The summed E-state index contributed by atoms with van der Waals surface area (Å²) in [5.41, 5.74) is 2.31. The zero-order valence-corrected chi connectivity index (χ0v) is 17.3. The second kappa shape index (κ2) is 6.74. The molecule has 2 rings (SSSR count). The van der Waals surface area contributed by atoms with E-state index in [9.17, 15) is 15.0 Å². The summed E-state index contributed by atoms with van der Waals surface area (Å²) in [5.74, 6) is 0.336. The first-order valence-corrected chi connectivity index (χ1v) is 9.00. The number of phenols is 1. The van der Waals surface area contributed by atoms with Crippen LogP contribution in [0.4, 0.5) is 4.79 Å². The fourth-order valence-electron chi connectivity index (χ4n) is 3.29. The molecule has 0 aliphatic carbocycles. The zero-order chi connectivity index (χ0) is 20.0. The minimum atomic E-state index is -0.908. The molecule has 0 bridgehead atoms. The van der Waals surface area contributed by atoms with Crippen molar-refractivity contribution in [3.05, 3.63) is 28.8 Å². The van der Waals surface area contributed by atoms with E-state index in [0.717, 1.165) is 16.7 Å². The molecule has 2 N–H and O–H groups in total. The molecular weight excluding hydrogens is 330 g/mol. The maximum Gasteiger partial charge on any atom is 0.324 e. The average molecular weight is 364 g/mol. The Bertz CT molecular complexity index is 654. The van der Waals surface area contributed by atoms with Gasteiger partial charge in [0.05, 0.1) is 6.67 Å². The maximum absolute atomic E-state index is 12.5. The van der Waals surface area contributed by atoms with Gasteiger partial charge in [0.2, 0.25) is 0 Å². The number of amides is 2. The average Bonchev–Trinajstić information content (AvgIpc) is 2.49. The molecule has 1 fully saturated rings. The Morgan fingerprint density at radius 2 is 1.50 bits per heavy atom. The van der Waals surface area contributed by atoms with Crippen molar-refractivity contribution in [1.29, 1.82) is 0 Å². The topological polar surface area (TPSA) is 67.2 Å². The number of rotatable bonds is 2. The number of hydrogen-bond donors (Lipinski definition) is 2. The number of benzene rings is 1. The molecule has 0 saturated carbocycles. The quantitative estimate of drug-likeness (QED) is 0.848. The second-order valence-corrected chi connectivity index (χ2v) is 9.38. The molecule has 0 spiro atoms. The van der Waals surface area contributed by atoms with E-state index in [-0.39, 0.29) is 16.9 Å². The number of carbonyl (C=O) groups is 1. The summed E-state index contributed by atoms with van der Waals surface area (Å²) in [6.45, 7) is 13.2. The smallest absolute Gasteiger partial charge is 0.324 e. The van der Waals surface area contributed by atoms with E-state index < -0.39 is 6.35 Å². The Hall–Kier alpha value is -1.79. The molecule has 2 amide bonds. The molecule has 0 radical (unpaired) electrons. The molecule has 1 aliphatic heterocycles. The number of aliphatic hydroxyl groups excluding tert-OH is 1. The van der Waals surface area contributed by atoms with Crippen LogP contribution in [0.5, 0.6) is 5.75 Å². The van der Waals surface area contributed by atoms with Crippen LogP contribution in [0.2, 0.25) is 0 Å². The van der Waals surface area contributed by atoms with E-state index in [2.05, 4.69) is 41.5 Å². The molecule has 1 aromatic carbocycles.